The van der Waals surface area contributed by atoms with Gasteiger partial charge in [-0.1, -0.05) is 24.3 Å². The number of para-hydroxylation sites is 1. The van der Waals surface area contributed by atoms with E-state index < -0.39 is 6.10 Å². The lowest BCUT2D eigenvalue weighted by molar-refractivity contribution is 0.199. The van der Waals surface area contributed by atoms with Gasteiger partial charge < -0.3 is 10.0 Å². The number of fused-ring (bicyclic) bond motifs is 1. The molecule has 0 spiro atoms. The quantitative estimate of drug-likeness (QED) is 0.894. The molecule has 98 valence electrons. The summed E-state index contributed by atoms with van der Waals surface area (Å²) >= 11 is 0. The van der Waals surface area contributed by atoms with Gasteiger partial charge in [-0.3, -0.25) is 0 Å². The normalized spacial score (nSPS) is 16.0. The molecule has 3 nitrogen and oxygen atoms in total. The number of aryl methyl sites for hydroxylation is 1. The van der Waals surface area contributed by atoms with Gasteiger partial charge in [0.05, 0.1) is 6.10 Å². The first kappa shape index (κ1) is 12.2. The summed E-state index contributed by atoms with van der Waals surface area (Å²) in [4.78, 5) is 6.71. The van der Waals surface area contributed by atoms with Gasteiger partial charge in [0.15, 0.2) is 0 Å². The number of hydrogen-bond donors (Lipinski definition) is 1. The molecule has 1 aliphatic heterocycles. The van der Waals surface area contributed by atoms with Crippen molar-refractivity contribution in [1.29, 1.82) is 0 Å². The second-order valence-corrected chi connectivity index (χ2v) is 4.98. The average molecular weight is 254 g/mol. The second kappa shape index (κ2) is 5.02. The Kier molecular flexibility index (Phi) is 3.22. The Hall–Kier alpha value is -1.87. The summed E-state index contributed by atoms with van der Waals surface area (Å²) in [6.07, 6.45) is 3.52. The van der Waals surface area contributed by atoms with Crippen LogP contribution in [-0.2, 0) is 6.42 Å². The smallest absolute Gasteiger partial charge is 0.138 e. The van der Waals surface area contributed by atoms with Gasteiger partial charge >= 0.3 is 0 Å². The highest BCUT2D eigenvalue weighted by Gasteiger charge is 2.22. The van der Waals surface area contributed by atoms with Crippen LogP contribution in [0.15, 0.2) is 42.6 Å². The zero-order chi connectivity index (χ0) is 13.2. The van der Waals surface area contributed by atoms with Crippen molar-refractivity contribution >= 4 is 11.5 Å². The fraction of sp³-hybridized carbons (Fsp3) is 0.312. The van der Waals surface area contributed by atoms with Crippen LogP contribution in [0.25, 0.3) is 0 Å². The molecule has 1 aliphatic rings. The van der Waals surface area contributed by atoms with Crippen molar-refractivity contribution in [3.63, 3.8) is 0 Å². The Morgan fingerprint density at radius 3 is 2.89 bits per heavy atom. The van der Waals surface area contributed by atoms with Crippen LogP contribution >= 0.6 is 0 Å². The Bertz CT molecular complexity index is 580. The van der Waals surface area contributed by atoms with E-state index in [0.29, 0.717) is 0 Å². The summed E-state index contributed by atoms with van der Waals surface area (Å²) in [7, 11) is 0. The lowest BCUT2D eigenvalue weighted by atomic mass is 10.0. The minimum atomic E-state index is -0.502. The molecule has 0 amide bonds. The molecule has 1 aromatic heterocycles. The average Bonchev–Trinajstić information content (AvgIpc) is 2.46. The standard InChI is InChI=1S/C16H18N2O/c1-12(19)14-8-4-10-17-16(14)18-11-5-7-13-6-2-3-9-15(13)18/h2-4,6,8-10,12,19H,5,7,11H2,1H3/t12-/m1/s1. The molecule has 1 aromatic carbocycles. The number of aliphatic hydroxyl groups excluding tert-OH is 1. The van der Waals surface area contributed by atoms with E-state index in [9.17, 15) is 5.11 Å². The summed E-state index contributed by atoms with van der Waals surface area (Å²) in [5, 5.41) is 9.92. The molecular formula is C16H18N2O. The molecule has 0 radical (unpaired) electrons. The molecule has 1 N–H and O–H groups in total. The van der Waals surface area contributed by atoms with E-state index in [0.717, 1.165) is 30.8 Å². The van der Waals surface area contributed by atoms with Gasteiger partial charge in [0.1, 0.15) is 5.82 Å². The SMILES string of the molecule is C[C@@H](O)c1cccnc1N1CCCc2ccccc21. The van der Waals surface area contributed by atoms with Crippen molar-refractivity contribution in [3.8, 4) is 0 Å². The summed E-state index contributed by atoms with van der Waals surface area (Å²) in [6, 6.07) is 12.3. The predicted octanol–water partition coefficient (Wildman–Crippen LogP) is 3.22. The van der Waals surface area contributed by atoms with Gasteiger partial charge in [-0.25, -0.2) is 4.98 Å². The van der Waals surface area contributed by atoms with E-state index >= 15 is 0 Å². The summed E-state index contributed by atoms with van der Waals surface area (Å²) in [6.45, 7) is 2.74. The van der Waals surface area contributed by atoms with Gasteiger partial charge in [0.2, 0.25) is 0 Å². The molecule has 0 bridgehead atoms. The molecule has 0 saturated heterocycles. The van der Waals surface area contributed by atoms with Crippen LogP contribution in [0.3, 0.4) is 0 Å². The van der Waals surface area contributed by atoms with Gasteiger partial charge in [-0.15, -0.1) is 0 Å². The monoisotopic (exact) mass is 254 g/mol. The molecule has 3 heteroatoms. The molecule has 19 heavy (non-hydrogen) atoms. The number of anilines is 2. The number of rotatable bonds is 2. The Labute approximate surface area is 113 Å². The van der Waals surface area contributed by atoms with E-state index in [-0.39, 0.29) is 0 Å². The first-order chi connectivity index (χ1) is 9.27. The molecule has 2 heterocycles. The van der Waals surface area contributed by atoms with Crippen LogP contribution in [0.4, 0.5) is 11.5 Å². The lowest BCUT2D eigenvalue weighted by Gasteiger charge is -2.32. The molecule has 0 unspecified atom stereocenters. The third-order valence-electron chi connectivity index (χ3n) is 3.63. The molecule has 0 saturated carbocycles. The highest BCUT2D eigenvalue weighted by molar-refractivity contribution is 5.67. The van der Waals surface area contributed by atoms with Crippen LogP contribution < -0.4 is 4.90 Å². The van der Waals surface area contributed by atoms with E-state index in [1.54, 1.807) is 13.1 Å². The number of aromatic nitrogens is 1. The topological polar surface area (TPSA) is 36.4 Å². The third kappa shape index (κ3) is 2.22. The maximum absolute atomic E-state index is 9.92. The minimum absolute atomic E-state index is 0.502. The van der Waals surface area contributed by atoms with E-state index in [2.05, 4.69) is 34.1 Å². The molecule has 1 atom stereocenters. The summed E-state index contributed by atoms with van der Waals surface area (Å²) in [5.41, 5.74) is 3.46. The van der Waals surface area contributed by atoms with Crippen LogP contribution in [0.1, 0.15) is 30.6 Å². The lowest BCUT2D eigenvalue weighted by Crippen LogP contribution is -2.26. The zero-order valence-electron chi connectivity index (χ0n) is 11.1. The Balaban J connectivity index is 2.09. The predicted molar refractivity (Wildman–Crippen MR) is 76.6 cm³/mol. The molecular weight excluding hydrogens is 236 g/mol. The molecule has 2 aromatic rings. The number of nitrogens with zero attached hydrogens (tertiary/aromatic N) is 2. The van der Waals surface area contributed by atoms with Crippen molar-refractivity contribution in [1.82, 2.24) is 4.98 Å². The van der Waals surface area contributed by atoms with Crippen LogP contribution in [0, 0.1) is 0 Å². The Morgan fingerprint density at radius 2 is 2.05 bits per heavy atom. The van der Waals surface area contributed by atoms with Crippen molar-refractivity contribution in [2.24, 2.45) is 0 Å². The van der Waals surface area contributed by atoms with Crippen molar-refractivity contribution in [2.45, 2.75) is 25.9 Å². The summed E-state index contributed by atoms with van der Waals surface area (Å²) < 4.78 is 0. The van der Waals surface area contributed by atoms with Gasteiger partial charge in [0, 0.05) is 24.0 Å². The third-order valence-corrected chi connectivity index (χ3v) is 3.63. The van der Waals surface area contributed by atoms with Crippen LogP contribution in [-0.4, -0.2) is 16.6 Å². The van der Waals surface area contributed by atoms with Crippen molar-refractivity contribution in [3.05, 3.63) is 53.7 Å². The molecule has 0 aliphatic carbocycles. The first-order valence-corrected chi connectivity index (χ1v) is 6.76. The highest BCUT2D eigenvalue weighted by Crippen LogP contribution is 2.35. The summed E-state index contributed by atoms with van der Waals surface area (Å²) in [5.74, 6) is 0.879. The minimum Gasteiger partial charge on any atom is -0.389 e. The van der Waals surface area contributed by atoms with Crippen LogP contribution in [0.2, 0.25) is 0 Å². The second-order valence-electron chi connectivity index (χ2n) is 4.98. The van der Waals surface area contributed by atoms with E-state index in [4.69, 9.17) is 0 Å². The van der Waals surface area contributed by atoms with Gasteiger partial charge in [-0.2, -0.15) is 0 Å². The van der Waals surface area contributed by atoms with Crippen LogP contribution in [0.5, 0.6) is 0 Å². The number of pyridine rings is 1. The highest BCUT2D eigenvalue weighted by atomic mass is 16.3. The number of hydrogen-bond acceptors (Lipinski definition) is 3. The van der Waals surface area contributed by atoms with E-state index in [1.807, 2.05) is 12.1 Å². The Morgan fingerprint density at radius 1 is 1.21 bits per heavy atom. The van der Waals surface area contributed by atoms with E-state index in [1.165, 1.54) is 11.3 Å². The maximum atomic E-state index is 9.92. The molecule has 3 rings (SSSR count). The largest absolute Gasteiger partial charge is 0.389 e. The van der Waals surface area contributed by atoms with Gasteiger partial charge in [0.25, 0.3) is 0 Å². The number of benzene rings is 1. The first-order valence-electron chi connectivity index (χ1n) is 6.76. The van der Waals surface area contributed by atoms with Gasteiger partial charge in [-0.05, 0) is 37.5 Å². The fourth-order valence-corrected chi connectivity index (χ4v) is 2.71. The zero-order valence-corrected chi connectivity index (χ0v) is 11.1. The number of aliphatic hydroxyl groups is 1. The maximum Gasteiger partial charge on any atom is 0.138 e. The van der Waals surface area contributed by atoms with Crippen molar-refractivity contribution in [2.75, 3.05) is 11.4 Å². The molecule has 0 fully saturated rings. The fourth-order valence-electron chi connectivity index (χ4n) is 2.71. The van der Waals surface area contributed by atoms with Crippen molar-refractivity contribution < 1.29 is 5.11 Å².